The SMILES string of the molecule is Cc1ccc(S(=O)(=O)N2C[C@H](C(=O)NCCOc3cccc4ccccc34)Oc3ccc(C)cc32)cc1. The highest BCUT2D eigenvalue weighted by molar-refractivity contribution is 7.92. The number of sulfonamides is 1. The number of carbonyl (C=O) groups is 1. The van der Waals surface area contributed by atoms with Crippen molar-refractivity contribution in [2.24, 2.45) is 0 Å². The second-order valence-electron chi connectivity index (χ2n) is 9.04. The van der Waals surface area contributed by atoms with Crippen LogP contribution in [-0.2, 0) is 14.8 Å². The summed E-state index contributed by atoms with van der Waals surface area (Å²) in [6.45, 7) is 4.14. The van der Waals surface area contributed by atoms with Gasteiger partial charge in [0.2, 0.25) is 0 Å². The molecule has 0 saturated carbocycles. The molecule has 1 aliphatic heterocycles. The van der Waals surface area contributed by atoms with Crippen LogP contribution in [0.3, 0.4) is 0 Å². The zero-order chi connectivity index (χ0) is 26.0. The van der Waals surface area contributed by atoms with Gasteiger partial charge in [0.1, 0.15) is 18.1 Å². The molecule has 0 spiro atoms. The van der Waals surface area contributed by atoms with Gasteiger partial charge in [-0.3, -0.25) is 9.10 Å². The predicted molar refractivity (Wildman–Crippen MR) is 144 cm³/mol. The molecule has 4 aromatic carbocycles. The zero-order valence-electron chi connectivity index (χ0n) is 20.7. The summed E-state index contributed by atoms with van der Waals surface area (Å²) in [5.41, 5.74) is 2.27. The van der Waals surface area contributed by atoms with E-state index in [9.17, 15) is 13.2 Å². The maximum Gasteiger partial charge on any atom is 0.264 e. The lowest BCUT2D eigenvalue weighted by Crippen LogP contribution is -2.51. The Bertz CT molecular complexity index is 1550. The maximum absolute atomic E-state index is 13.6. The minimum Gasteiger partial charge on any atom is -0.491 e. The topological polar surface area (TPSA) is 84.9 Å². The molecule has 1 aliphatic rings. The fourth-order valence-electron chi connectivity index (χ4n) is 4.33. The van der Waals surface area contributed by atoms with Gasteiger partial charge in [-0.05, 0) is 55.1 Å². The fraction of sp³-hybridized carbons (Fsp3) is 0.207. The summed E-state index contributed by atoms with van der Waals surface area (Å²) in [6, 6.07) is 25.7. The Morgan fingerprint density at radius 2 is 1.70 bits per heavy atom. The van der Waals surface area contributed by atoms with Crippen LogP contribution in [0.2, 0.25) is 0 Å². The standard InChI is InChI=1S/C29H28N2O5S/c1-20-10-13-23(14-11-20)37(33,34)31-19-28(36-27-15-12-21(2)18-25(27)31)29(32)30-16-17-35-26-9-5-7-22-6-3-4-8-24(22)26/h3-15,18,28H,16-17,19H2,1-2H3,(H,30,32)/t28-/m1/s1. The first kappa shape index (κ1) is 24.6. The molecule has 1 atom stereocenters. The summed E-state index contributed by atoms with van der Waals surface area (Å²) in [5.74, 6) is 0.678. The average Bonchev–Trinajstić information content (AvgIpc) is 2.90. The second kappa shape index (κ2) is 10.1. The van der Waals surface area contributed by atoms with Gasteiger partial charge in [0.15, 0.2) is 6.10 Å². The number of amides is 1. The molecule has 0 fully saturated rings. The van der Waals surface area contributed by atoms with Gasteiger partial charge in [-0.1, -0.05) is 60.2 Å². The first-order chi connectivity index (χ1) is 17.8. The molecule has 0 unspecified atom stereocenters. The molecule has 0 bridgehead atoms. The monoisotopic (exact) mass is 516 g/mol. The van der Waals surface area contributed by atoms with E-state index in [-0.39, 0.29) is 24.6 Å². The van der Waals surface area contributed by atoms with Crippen molar-refractivity contribution in [2.75, 3.05) is 24.0 Å². The van der Waals surface area contributed by atoms with E-state index in [1.165, 1.54) is 4.31 Å². The van der Waals surface area contributed by atoms with E-state index in [0.717, 1.165) is 27.6 Å². The Kier molecular flexibility index (Phi) is 6.76. The van der Waals surface area contributed by atoms with Crippen LogP contribution in [0, 0.1) is 13.8 Å². The molecule has 37 heavy (non-hydrogen) atoms. The van der Waals surface area contributed by atoms with Crippen LogP contribution >= 0.6 is 0 Å². The molecule has 0 radical (unpaired) electrons. The van der Waals surface area contributed by atoms with Gasteiger partial charge in [0, 0.05) is 5.39 Å². The van der Waals surface area contributed by atoms with Crippen LogP contribution in [0.5, 0.6) is 11.5 Å². The highest BCUT2D eigenvalue weighted by atomic mass is 32.2. The van der Waals surface area contributed by atoms with Crippen molar-refractivity contribution in [1.82, 2.24) is 5.32 Å². The third kappa shape index (κ3) is 5.11. The third-order valence-electron chi connectivity index (χ3n) is 6.29. The molecular formula is C29H28N2O5S. The van der Waals surface area contributed by atoms with Gasteiger partial charge in [0.25, 0.3) is 15.9 Å². The molecule has 7 nitrogen and oxygen atoms in total. The van der Waals surface area contributed by atoms with Crippen molar-refractivity contribution in [1.29, 1.82) is 0 Å². The number of hydrogen-bond donors (Lipinski definition) is 1. The van der Waals surface area contributed by atoms with Crippen LogP contribution in [0.1, 0.15) is 11.1 Å². The number of ether oxygens (including phenoxy) is 2. The van der Waals surface area contributed by atoms with E-state index in [1.807, 2.05) is 62.4 Å². The molecular weight excluding hydrogens is 488 g/mol. The van der Waals surface area contributed by atoms with Crippen molar-refractivity contribution in [3.8, 4) is 11.5 Å². The van der Waals surface area contributed by atoms with Crippen molar-refractivity contribution < 1.29 is 22.7 Å². The van der Waals surface area contributed by atoms with Crippen LogP contribution in [0.15, 0.2) is 89.8 Å². The van der Waals surface area contributed by atoms with Gasteiger partial charge in [0.05, 0.1) is 23.7 Å². The summed E-state index contributed by atoms with van der Waals surface area (Å²) in [4.78, 5) is 13.2. The Labute approximate surface area is 216 Å². The van der Waals surface area contributed by atoms with Crippen LogP contribution < -0.4 is 19.1 Å². The van der Waals surface area contributed by atoms with E-state index in [2.05, 4.69) is 5.32 Å². The maximum atomic E-state index is 13.6. The van der Waals surface area contributed by atoms with E-state index in [0.29, 0.717) is 11.4 Å². The number of carbonyl (C=O) groups excluding carboxylic acids is 1. The van der Waals surface area contributed by atoms with Gasteiger partial charge < -0.3 is 14.8 Å². The number of nitrogens with zero attached hydrogens (tertiary/aromatic N) is 1. The lowest BCUT2D eigenvalue weighted by atomic mass is 10.1. The molecule has 4 aromatic rings. The molecule has 0 saturated heterocycles. The molecule has 190 valence electrons. The van der Waals surface area contributed by atoms with Crippen LogP contribution in [0.25, 0.3) is 10.8 Å². The highest BCUT2D eigenvalue weighted by Gasteiger charge is 2.37. The number of anilines is 1. The molecule has 1 heterocycles. The van der Waals surface area contributed by atoms with Crippen molar-refractivity contribution in [3.63, 3.8) is 0 Å². The largest absolute Gasteiger partial charge is 0.491 e. The highest BCUT2D eigenvalue weighted by Crippen LogP contribution is 2.37. The molecule has 0 aromatic heterocycles. The average molecular weight is 517 g/mol. The summed E-state index contributed by atoms with van der Waals surface area (Å²) in [6.07, 6.45) is -1.01. The second-order valence-corrected chi connectivity index (χ2v) is 10.9. The van der Waals surface area contributed by atoms with Crippen molar-refractivity contribution in [3.05, 3.63) is 96.1 Å². The van der Waals surface area contributed by atoms with E-state index in [1.54, 1.807) is 36.4 Å². The minimum atomic E-state index is -3.91. The molecule has 8 heteroatoms. The van der Waals surface area contributed by atoms with Gasteiger partial charge in [-0.15, -0.1) is 0 Å². The third-order valence-corrected chi connectivity index (χ3v) is 8.09. The zero-order valence-corrected chi connectivity index (χ0v) is 21.5. The summed E-state index contributed by atoms with van der Waals surface area (Å²) >= 11 is 0. The molecule has 5 rings (SSSR count). The molecule has 0 aliphatic carbocycles. The number of fused-ring (bicyclic) bond motifs is 2. The predicted octanol–water partition coefficient (Wildman–Crippen LogP) is 4.61. The van der Waals surface area contributed by atoms with E-state index < -0.39 is 22.0 Å². The van der Waals surface area contributed by atoms with Gasteiger partial charge >= 0.3 is 0 Å². The normalized spacial score (nSPS) is 15.1. The Morgan fingerprint density at radius 1 is 0.973 bits per heavy atom. The summed E-state index contributed by atoms with van der Waals surface area (Å²) < 4.78 is 40.3. The number of rotatable bonds is 7. The van der Waals surface area contributed by atoms with Crippen molar-refractivity contribution in [2.45, 2.75) is 24.8 Å². The van der Waals surface area contributed by atoms with E-state index >= 15 is 0 Å². The molecule has 1 amide bonds. The Balaban J connectivity index is 1.30. The van der Waals surface area contributed by atoms with Crippen molar-refractivity contribution >= 4 is 32.4 Å². The number of benzene rings is 4. The quantitative estimate of drug-likeness (QED) is 0.363. The van der Waals surface area contributed by atoms with Gasteiger partial charge in [-0.25, -0.2) is 8.42 Å². The van der Waals surface area contributed by atoms with Gasteiger partial charge in [-0.2, -0.15) is 0 Å². The minimum absolute atomic E-state index is 0.136. The van der Waals surface area contributed by atoms with Crippen LogP contribution in [0.4, 0.5) is 5.69 Å². The first-order valence-corrected chi connectivity index (χ1v) is 13.5. The number of hydrogen-bond acceptors (Lipinski definition) is 5. The van der Waals surface area contributed by atoms with E-state index in [4.69, 9.17) is 9.47 Å². The van der Waals surface area contributed by atoms with Crippen LogP contribution in [-0.4, -0.2) is 40.1 Å². The Morgan fingerprint density at radius 3 is 2.51 bits per heavy atom. The summed E-state index contributed by atoms with van der Waals surface area (Å²) in [5, 5.41) is 4.89. The number of nitrogens with one attached hydrogen (secondary N) is 1. The lowest BCUT2D eigenvalue weighted by Gasteiger charge is -2.35. The lowest BCUT2D eigenvalue weighted by molar-refractivity contribution is -0.127. The number of aryl methyl sites for hydroxylation is 2. The smallest absolute Gasteiger partial charge is 0.264 e. The fourth-order valence-corrected chi connectivity index (χ4v) is 5.80. The summed E-state index contributed by atoms with van der Waals surface area (Å²) in [7, 11) is -3.91. The Hall–Kier alpha value is -4.04. The first-order valence-electron chi connectivity index (χ1n) is 12.1. The molecule has 1 N–H and O–H groups in total.